The summed E-state index contributed by atoms with van der Waals surface area (Å²) in [7, 11) is 0. The van der Waals surface area contributed by atoms with Crippen LogP contribution in [0.3, 0.4) is 0 Å². The summed E-state index contributed by atoms with van der Waals surface area (Å²) in [5.41, 5.74) is 10.7. The molecule has 0 aliphatic heterocycles. The molecule has 4 heteroatoms. The monoisotopic (exact) mass is 634 g/mol. The van der Waals surface area contributed by atoms with Gasteiger partial charge in [0.1, 0.15) is 5.01 Å². The fourth-order valence-corrected chi connectivity index (χ4v) is 9.18. The van der Waals surface area contributed by atoms with Crippen LogP contribution < -0.4 is 0 Å². The highest BCUT2D eigenvalue weighted by molar-refractivity contribution is 7.26. The minimum Gasteiger partial charge on any atom is -0.309 e. The van der Waals surface area contributed by atoms with E-state index < -0.39 is 0 Å². The van der Waals surface area contributed by atoms with Crippen LogP contribution in [-0.4, -0.2) is 9.55 Å². The van der Waals surface area contributed by atoms with Crippen LogP contribution in [0.4, 0.5) is 0 Å². The number of thiazole rings is 1. The van der Waals surface area contributed by atoms with Gasteiger partial charge in [-0.1, -0.05) is 115 Å². The van der Waals surface area contributed by atoms with E-state index in [0.29, 0.717) is 0 Å². The van der Waals surface area contributed by atoms with Crippen molar-refractivity contribution in [3.05, 3.63) is 158 Å². The minimum absolute atomic E-state index is 1.06. The Balaban J connectivity index is 1.08. The number of hydrogen-bond donors (Lipinski definition) is 0. The first-order valence-corrected chi connectivity index (χ1v) is 17.4. The van der Waals surface area contributed by atoms with E-state index in [4.69, 9.17) is 4.98 Å². The van der Waals surface area contributed by atoms with Crippen molar-refractivity contribution < 1.29 is 0 Å². The van der Waals surface area contributed by atoms with Crippen LogP contribution in [-0.2, 0) is 0 Å². The van der Waals surface area contributed by atoms with E-state index >= 15 is 0 Å². The van der Waals surface area contributed by atoms with Gasteiger partial charge in [-0.15, -0.1) is 22.7 Å². The lowest BCUT2D eigenvalue weighted by molar-refractivity contribution is 1.18. The quantitative estimate of drug-likeness (QED) is 0.188. The Bertz CT molecular complexity index is 2770. The maximum absolute atomic E-state index is 5.21. The van der Waals surface area contributed by atoms with Crippen LogP contribution in [0.15, 0.2) is 158 Å². The summed E-state index contributed by atoms with van der Waals surface area (Å²) >= 11 is 3.62. The summed E-state index contributed by atoms with van der Waals surface area (Å²) in [5.74, 6) is 0. The van der Waals surface area contributed by atoms with Crippen LogP contribution in [0.2, 0.25) is 0 Å². The fourth-order valence-electron chi connectivity index (χ4n) is 7.09. The van der Waals surface area contributed by atoms with Gasteiger partial charge in [0.2, 0.25) is 0 Å². The normalized spacial score (nSPS) is 11.8. The van der Waals surface area contributed by atoms with Gasteiger partial charge in [-0.05, 0) is 64.7 Å². The smallest absolute Gasteiger partial charge is 0.124 e. The molecule has 0 fully saturated rings. The van der Waals surface area contributed by atoms with E-state index in [1.54, 1.807) is 11.3 Å². The lowest BCUT2D eigenvalue weighted by Gasteiger charge is -2.10. The molecule has 3 heterocycles. The number of fused-ring (bicyclic) bond motifs is 8. The Labute approximate surface area is 279 Å². The van der Waals surface area contributed by atoms with Crippen molar-refractivity contribution in [2.75, 3.05) is 0 Å². The molecule has 0 atom stereocenters. The molecular formula is C43H26N2S2. The van der Waals surface area contributed by atoms with E-state index in [-0.39, 0.29) is 0 Å². The molecule has 10 rings (SSSR count). The number of thiophene rings is 1. The third kappa shape index (κ3) is 4.19. The van der Waals surface area contributed by atoms with Crippen LogP contribution in [0.5, 0.6) is 0 Å². The van der Waals surface area contributed by atoms with Crippen molar-refractivity contribution in [2.45, 2.75) is 0 Å². The molecular weight excluding hydrogens is 609 g/mol. The zero-order valence-electron chi connectivity index (χ0n) is 25.2. The number of benzene rings is 7. The zero-order chi connectivity index (χ0) is 30.9. The lowest BCUT2D eigenvalue weighted by Crippen LogP contribution is -1.93. The Morgan fingerprint density at radius 3 is 1.91 bits per heavy atom. The van der Waals surface area contributed by atoms with E-state index in [2.05, 4.69) is 162 Å². The molecule has 0 saturated heterocycles. The van der Waals surface area contributed by atoms with Crippen molar-refractivity contribution in [3.63, 3.8) is 0 Å². The first kappa shape index (κ1) is 26.6. The highest BCUT2D eigenvalue weighted by Gasteiger charge is 2.17. The first-order chi connectivity index (χ1) is 23.3. The van der Waals surface area contributed by atoms with Crippen molar-refractivity contribution in [3.8, 4) is 38.5 Å². The van der Waals surface area contributed by atoms with Gasteiger partial charge in [-0.2, -0.15) is 0 Å². The van der Waals surface area contributed by atoms with Crippen LogP contribution in [0.1, 0.15) is 0 Å². The standard InChI is InChI=1S/C43H26N2S2/c1-2-9-27(10-3-1)28-21-23-31(24-22-28)45-35-14-6-4-11-33(35)40-32(13-8-15-36(40)45)29-17-19-30(20-18-29)43-44-42-39(47-43)26-25-38-41(42)34-12-5-7-16-37(34)46-38/h1-26H. The molecule has 0 saturated carbocycles. The summed E-state index contributed by atoms with van der Waals surface area (Å²) in [4.78, 5) is 5.21. The van der Waals surface area contributed by atoms with E-state index in [9.17, 15) is 0 Å². The molecule has 0 spiro atoms. The molecule has 220 valence electrons. The molecule has 2 nitrogen and oxygen atoms in total. The van der Waals surface area contributed by atoms with Crippen LogP contribution in [0.25, 0.3) is 90.7 Å². The maximum Gasteiger partial charge on any atom is 0.124 e. The van der Waals surface area contributed by atoms with Gasteiger partial charge in [0.05, 0.1) is 21.3 Å². The minimum atomic E-state index is 1.06. The average Bonchev–Trinajstić information content (AvgIpc) is 3.84. The number of hydrogen-bond acceptors (Lipinski definition) is 3. The summed E-state index contributed by atoms with van der Waals surface area (Å²) in [6, 6.07) is 57.1. The molecule has 0 amide bonds. The molecule has 3 aromatic heterocycles. The van der Waals surface area contributed by atoms with Crippen molar-refractivity contribution in [2.24, 2.45) is 0 Å². The van der Waals surface area contributed by atoms with Gasteiger partial charge in [-0.3, -0.25) is 0 Å². The topological polar surface area (TPSA) is 17.8 Å². The number of para-hydroxylation sites is 1. The average molecular weight is 635 g/mol. The fraction of sp³-hybridized carbons (Fsp3) is 0. The molecule has 0 unspecified atom stereocenters. The molecule has 10 aromatic rings. The predicted octanol–water partition coefficient (Wildman–Crippen LogP) is 12.8. The molecule has 0 bridgehead atoms. The molecule has 47 heavy (non-hydrogen) atoms. The summed E-state index contributed by atoms with van der Waals surface area (Å²) in [5, 5.41) is 6.16. The van der Waals surface area contributed by atoms with Gasteiger partial charge < -0.3 is 4.57 Å². The largest absolute Gasteiger partial charge is 0.309 e. The second-order valence-corrected chi connectivity index (χ2v) is 14.1. The molecule has 0 aliphatic rings. The highest BCUT2D eigenvalue weighted by atomic mass is 32.1. The van der Waals surface area contributed by atoms with Crippen molar-refractivity contribution in [1.29, 1.82) is 0 Å². The number of nitrogens with zero attached hydrogens (tertiary/aromatic N) is 2. The Kier molecular flexibility index (Phi) is 5.95. The summed E-state index contributed by atoms with van der Waals surface area (Å²) < 4.78 is 6.24. The second-order valence-electron chi connectivity index (χ2n) is 11.9. The number of rotatable bonds is 4. The first-order valence-electron chi connectivity index (χ1n) is 15.8. The molecule has 0 radical (unpaired) electrons. The Hall–Kier alpha value is -5.55. The SMILES string of the molecule is c1ccc(-c2ccc(-n3c4ccccc4c4c(-c5ccc(-c6nc7c(ccc8sc9ccccc9c87)s6)cc5)cccc43)cc2)cc1. The second kappa shape index (κ2) is 10.5. The Morgan fingerprint density at radius 2 is 1.06 bits per heavy atom. The van der Waals surface area contributed by atoms with Gasteiger partial charge in [0, 0.05) is 42.2 Å². The molecule has 0 aliphatic carbocycles. The van der Waals surface area contributed by atoms with Crippen molar-refractivity contribution >= 4 is 74.9 Å². The molecule has 7 aromatic carbocycles. The van der Waals surface area contributed by atoms with E-state index in [1.165, 1.54) is 68.9 Å². The van der Waals surface area contributed by atoms with E-state index in [1.807, 2.05) is 11.3 Å². The van der Waals surface area contributed by atoms with Gasteiger partial charge >= 0.3 is 0 Å². The lowest BCUT2D eigenvalue weighted by atomic mass is 9.98. The van der Waals surface area contributed by atoms with Gasteiger partial charge in [0.25, 0.3) is 0 Å². The summed E-state index contributed by atoms with van der Waals surface area (Å²) in [6.07, 6.45) is 0. The predicted molar refractivity (Wildman–Crippen MR) is 203 cm³/mol. The van der Waals surface area contributed by atoms with E-state index in [0.717, 1.165) is 21.8 Å². The summed E-state index contributed by atoms with van der Waals surface area (Å²) in [6.45, 7) is 0. The Morgan fingerprint density at radius 1 is 0.404 bits per heavy atom. The van der Waals surface area contributed by atoms with Gasteiger partial charge in [-0.25, -0.2) is 4.98 Å². The van der Waals surface area contributed by atoms with Crippen LogP contribution in [0, 0.1) is 0 Å². The highest BCUT2D eigenvalue weighted by Crippen LogP contribution is 2.42. The maximum atomic E-state index is 5.21. The molecule has 0 N–H and O–H groups in total. The third-order valence-corrected chi connectivity index (χ3v) is 11.5. The zero-order valence-corrected chi connectivity index (χ0v) is 26.9. The number of aromatic nitrogens is 2. The van der Waals surface area contributed by atoms with Crippen LogP contribution >= 0.6 is 22.7 Å². The van der Waals surface area contributed by atoms with Crippen molar-refractivity contribution in [1.82, 2.24) is 9.55 Å². The van der Waals surface area contributed by atoms with Gasteiger partial charge in [0.15, 0.2) is 0 Å². The third-order valence-electron chi connectivity index (χ3n) is 9.27.